The Morgan fingerprint density at radius 3 is 2.31 bits per heavy atom. The van der Waals surface area contributed by atoms with E-state index in [1.54, 1.807) is 18.2 Å². The Kier molecular flexibility index (Phi) is 8.74. The number of alkyl carbamates (subject to hydrolysis) is 1. The Balaban J connectivity index is 1.74. The van der Waals surface area contributed by atoms with Crippen molar-refractivity contribution in [2.24, 2.45) is 0 Å². The summed E-state index contributed by atoms with van der Waals surface area (Å²) >= 11 is 4.08. The molecule has 3 aromatic rings. The van der Waals surface area contributed by atoms with Gasteiger partial charge in [-0.15, -0.1) is 0 Å². The van der Waals surface area contributed by atoms with Gasteiger partial charge in [-0.2, -0.15) is 0 Å². The fourth-order valence-corrected chi connectivity index (χ4v) is 4.94. The van der Waals surface area contributed by atoms with Crippen LogP contribution in [-0.2, 0) is 22.6 Å². The van der Waals surface area contributed by atoms with Crippen LogP contribution in [0.15, 0.2) is 66.7 Å². The standard InChI is InChI=1S/C24H22I2N2O4/c1-15-6-5-9-18(10-15)27-23(30)21(13-17-11-19(25)22(29)20(26)12-17)28-24(31)32-14-16-7-3-2-4-8-16/h2-12,21,29H,13-14H2,1H3,(H,27,30)(H,28,31)/t21-/m0/s1. The quantitative estimate of drug-likeness (QED) is 0.298. The van der Waals surface area contributed by atoms with Crippen LogP contribution in [0.4, 0.5) is 10.5 Å². The average molecular weight is 656 g/mol. The molecule has 0 saturated carbocycles. The minimum Gasteiger partial charge on any atom is -0.506 e. The summed E-state index contributed by atoms with van der Waals surface area (Å²) in [4.78, 5) is 25.5. The minimum absolute atomic E-state index is 0.105. The third-order valence-corrected chi connectivity index (χ3v) is 6.27. The first kappa shape index (κ1) is 24.3. The molecule has 3 N–H and O–H groups in total. The number of phenols is 1. The molecule has 0 aliphatic carbocycles. The molecule has 1 atom stereocenters. The van der Waals surface area contributed by atoms with Gasteiger partial charge >= 0.3 is 6.09 Å². The summed E-state index contributed by atoms with van der Waals surface area (Å²) < 4.78 is 6.66. The molecule has 0 heterocycles. The lowest BCUT2D eigenvalue weighted by atomic mass is 10.0. The van der Waals surface area contributed by atoms with Crippen LogP contribution >= 0.6 is 45.2 Å². The van der Waals surface area contributed by atoms with Crippen LogP contribution in [0.2, 0.25) is 0 Å². The van der Waals surface area contributed by atoms with E-state index in [2.05, 4.69) is 10.6 Å². The van der Waals surface area contributed by atoms with Crippen LogP contribution in [0.5, 0.6) is 5.75 Å². The Bertz CT molecular complexity index is 1080. The number of amides is 2. The van der Waals surface area contributed by atoms with Gasteiger partial charge in [0.2, 0.25) is 5.91 Å². The Labute approximate surface area is 214 Å². The fraction of sp³-hybridized carbons (Fsp3) is 0.167. The van der Waals surface area contributed by atoms with Gasteiger partial charge in [0.25, 0.3) is 0 Å². The van der Waals surface area contributed by atoms with Crippen molar-refractivity contribution in [3.63, 3.8) is 0 Å². The predicted molar refractivity (Wildman–Crippen MR) is 141 cm³/mol. The molecule has 166 valence electrons. The molecule has 0 fully saturated rings. The van der Waals surface area contributed by atoms with Gasteiger partial charge in [-0.05, 0) is 93.1 Å². The summed E-state index contributed by atoms with van der Waals surface area (Å²) in [5, 5.41) is 15.6. The van der Waals surface area contributed by atoms with Gasteiger partial charge < -0.3 is 20.5 Å². The largest absolute Gasteiger partial charge is 0.506 e. The lowest BCUT2D eigenvalue weighted by Gasteiger charge is -2.19. The number of hydrogen-bond donors (Lipinski definition) is 3. The number of rotatable bonds is 7. The summed E-state index contributed by atoms with van der Waals surface area (Å²) in [7, 11) is 0. The lowest BCUT2D eigenvalue weighted by Crippen LogP contribution is -2.45. The third-order valence-electron chi connectivity index (χ3n) is 4.62. The van der Waals surface area contributed by atoms with Gasteiger partial charge in [-0.1, -0.05) is 42.5 Å². The molecule has 8 heteroatoms. The zero-order valence-corrected chi connectivity index (χ0v) is 21.6. The minimum atomic E-state index is -0.866. The molecule has 0 radical (unpaired) electrons. The molecule has 0 aliphatic rings. The number of ether oxygens (including phenoxy) is 1. The normalized spacial score (nSPS) is 11.5. The molecule has 0 aliphatic heterocycles. The number of aryl methyl sites for hydroxylation is 1. The maximum absolute atomic E-state index is 13.0. The number of carbonyl (C=O) groups is 2. The Morgan fingerprint density at radius 1 is 0.969 bits per heavy atom. The Hall–Kier alpha value is -2.34. The molecule has 0 unspecified atom stereocenters. The van der Waals surface area contributed by atoms with Crippen LogP contribution in [0.3, 0.4) is 0 Å². The topological polar surface area (TPSA) is 87.7 Å². The highest BCUT2D eigenvalue weighted by Gasteiger charge is 2.23. The highest BCUT2D eigenvalue weighted by molar-refractivity contribution is 14.1. The van der Waals surface area contributed by atoms with Crippen LogP contribution < -0.4 is 10.6 Å². The average Bonchev–Trinajstić information content (AvgIpc) is 2.76. The summed E-state index contributed by atoms with van der Waals surface area (Å²) in [6.45, 7) is 2.04. The van der Waals surface area contributed by atoms with E-state index in [1.165, 1.54) is 0 Å². The summed E-state index contributed by atoms with van der Waals surface area (Å²) in [5.41, 5.74) is 3.32. The number of benzene rings is 3. The van der Waals surface area contributed by atoms with E-state index in [0.29, 0.717) is 12.8 Å². The SMILES string of the molecule is Cc1cccc(NC(=O)[C@H](Cc2cc(I)c(O)c(I)c2)NC(=O)OCc2ccccc2)c1. The lowest BCUT2D eigenvalue weighted by molar-refractivity contribution is -0.118. The predicted octanol–water partition coefficient (Wildman–Crippen LogP) is 5.39. The second-order valence-corrected chi connectivity index (χ2v) is 9.55. The second-order valence-electron chi connectivity index (χ2n) is 7.23. The van der Waals surface area contributed by atoms with E-state index in [4.69, 9.17) is 4.74 Å². The molecule has 0 aromatic heterocycles. The van der Waals surface area contributed by atoms with Crippen molar-refractivity contribution in [1.82, 2.24) is 5.32 Å². The zero-order chi connectivity index (χ0) is 23.1. The van der Waals surface area contributed by atoms with E-state index in [9.17, 15) is 14.7 Å². The van der Waals surface area contributed by atoms with Crippen LogP contribution in [0.25, 0.3) is 0 Å². The number of hydrogen-bond acceptors (Lipinski definition) is 4. The summed E-state index contributed by atoms with van der Waals surface area (Å²) in [6, 6.07) is 19.5. The summed E-state index contributed by atoms with van der Waals surface area (Å²) in [5.74, 6) is -0.156. The monoisotopic (exact) mass is 656 g/mol. The zero-order valence-electron chi connectivity index (χ0n) is 17.3. The highest BCUT2D eigenvalue weighted by atomic mass is 127. The van der Waals surface area contributed by atoms with E-state index in [-0.39, 0.29) is 24.7 Å². The number of aromatic hydroxyl groups is 1. The highest BCUT2D eigenvalue weighted by Crippen LogP contribution is 2.28. The van der Waals surface area contributed by atoms with E-state index in [0.717, 1.165) is 16.7 Å². The van der Waals surface area contributed by atoms with Crippen LogP contribution in [0, 0.1) is 14.1 Å². The van der Waals surface area contributed by atoms with Crippen molar-refractivity contribution in [2.75, 3.05) is 5.32 Å². The van der Waals surface area contributed by atoms with Gasteiger partial charge in [0, 0.05) is 12.1 Å². The third kappa shape index (κ3) is 7.09. The first-order valence-electron chi connectivity index (χ1n) is 9.83. The van der Waals surface area contributed by atoms with Crippen molar-refractivity contribution in [2.45, 2.75) is 26.0 Å². The van der Waals surface area contributed by atoms with Crippen LogP contribution in [0.1, 0.15) is 16.7 Å². The van der Waals surface area contributed by atoms with Gasteiger partial charge in [0.15, 0.2) is 0 Å². The van der Waals surface area contributed by atoms with Crippen molar-refractivity contribution in [3.8, 4) is 5.75 Å². The van der Waals surface area contributed by atoms with Crippen LogP contribution in [-0.4, -0.2) is 23.1 Å². The van der Waals surface area contributed by atoms with Gasteiger partial charge in [-0.25, -0.2) is 4.79 Å². The number of carbonyl (C=O) groups excluding carboxylic acids is 2. The number of halogens is 2. The number of anilines is 1. The molecule has 6 nitrogen and oxygen atoms in total. The van der Waals surface area contributed by atoms with Gasteiger partial charge in [0.1, 0.15) is 18.4 Å². The molecular formula is C24H22I2N2O4. The second kappa shape index (κ2) is 11.5. The van der Waals surface area contributed by atoms with Gasteiger partial charge in [-0.3, -0.25) is 4.79 Å². The smallest absolute Gasteiger partial charge is 0.408 e. The first-order chi connectivity index (χ1) is 15.3. The van der Waals surface area contributed by atoms with E-state index in [1.807, 2.05) is 101 Å². The maximum atomic E-state index is 13.0. The fourth-order valence-electron chi connectivity index (χ4n) is 3.04. The maximum Gasteiger partial charge on any atom is 0.408 e. The van der Waals surface area contributed by atoms with E-state index < -0.39 is 12.1 Å². The molecule has 0 saturated heterocycles. The van der Waals surface area contributed by atoms with Crippen molar-refractivity contribution in [3.05, 3.63) is 90.6 Å². The first-order valence-corrected chi connectivity index (χ1v) is 12.0. The molecule has 32 heavy (non-hydrogen) atoms. The molecule has 0 bridgehead atoms. The molecular weight excluding hydrogens is 634 g/mol. The number of nitrogens with one attached hydrogen (secondary N) is 2. The van der Waals surface area contributed by atoms with Crippen molar-refractivity contribution >= 4 is 62.9 Å². The van der Waals surface area contributed by atoms with E-state index >= 15 is 0 Å². The molecule has 2 amide bonds. The number of phenolic OH excluding ortho intramolecular Hbond substituents is 1. The van der Waals surface area contributed by atoms with Crippen molar-refractivity contribution in [1.29, 1.82) is 0 Å². The summed E-state index contributed by atoms with van der Waals surface area (Å²) in [6.07, 6.45) is -0.439. The molecule has 0 spiro atoms. The molecule has 3 rings (SSSR count). The molecule has 3 aromatic carbocycles. The van der Waals surface area contributed by atoms with Crippen molar-refractivity contribution < 1.29 is 19.4 Å². The Morgan fingerprint density at radius 2 is 1.66 bits per heavy atom. The van der Waals surface area contributed by atoms with Gasteiger partial charge in [0.05, 0.1) is 7.14 Å².